The molecule has 0 spiro atoms. The summed E-state index contributed by atoms with van der Waals surface area (Å²) in [7, 11) is -3.55. The number of benzene rings is 1. The first-order chi connectivity index (χ1) is 13.4. The number of sulfonamides is 1. The molecule has 0 bridgehead atoms. The fourth-order valence-corrected chi connectivity index (χ4v) is 5.52. The first kappa shape index (κ1) is 20.8. The van der Waals surface area contributed by atoms with E-state index < -0.39 is 16.1 Å². The van der Waals surface area contributed by atoms with Crippen LogP contribution in [0.1, 0.15) is 51.5 Å². The van der Waals surface area contributed by atoms with Crippen LogP contribution in [0.2, 0.25) is 0 Å². The summed E-state index contributed by atoms with van der Waals surface area (Å²) in [4.78, 5) is 26.5. The molecule has 1 saturated heterocycles. The third kappa shape index (κ3) is 4.07. The topological polar surface area (TPSA) is 86.8 Å². The van der Waals surface area contributed by atoms with Gasteiger partial charge in [-0.05, 0) is 43.0 Å². The fraction of sp³-hybridized carbons (Fsp3) is 0.600. The molecule has 8 heteroatoms. The summed E-state index contributed by atoms with van der Waals surface area (Å²) < 4.78 is 27.4. The molecular formula is C20H29N3O4S. The van der Waals surface area contributed by atoms with Gasteiger partial charge < -0.3 is 5.32 Å². The molecule has 0 aromatic heterocycles. The van der Waals surface area contributed by atoms with Crippen molar-refractivity contribution in [2.75, 3.05) is 24.5 Å². The quantitative estimate of drug-likeness (QED) is 0.731. The zero-order chi connectivity index (χ0) is 20.3. The Morgan fingerprint density at radius 2 is 1.89 bits per heavy atom. The Morgan fingerprint density at radius 1 is 1.18 bits per heavy atom. The predicted molar refractivity (Wildman–Crippen MR) is 108 cm³/mol. The standard InChI is InChI=1S/C20H29N3O4S/c1-3-4-10-21-20(25)19-14-16-13-17(8-9-18(16)23(19)15(2)24)28(26,27)22-11-6-5-7-12-22/h8-9,13,19H,3-7,10-12,14H2,1-2H3,(H,21,25)/t19-/m1/s1. The summed E-state index contributed by atoms with van der Waals surface area (Å²) in [6.45, 7) is 5.13. The largest absolute Gasteiger partial charge is 0.354 e. The number of nitrogens with one attached hydrogen (secondary N) is 1. The van der Waals surface area contributed by atoms with E-state index in [9.17, 15) is 18.0 Å². The van der Waals surface area contributed by atoms with E-state index in [1.807, 2.05) is 6.92 Å². The Morgan fingerprint density at radius 3 is 2.54 bits per heavy atom. The molecule has 2 aliphatic heterocycles. The summed E-state index contributed by atoms with van der Waals surface area (Å²) in [5, 5.41) is 2.88. The van der Waals surface area contributed by atoms with E-state index in [1.54, 1.807) is 18.2 Å². The van der Waals surface area contributed by atoms with Crippen molar-refractivity contribution in [1.82, 2.24) is 9.62 Å². The Kier molecular flexibility index (Phi) is 6.40. The van der Waals surface area contributed by atoms with Crippen LogP contribution in [0.3, 0.4) is 0 Å². The van der Waals surface area contributed by atoms with Crippen LogP contribution in [0.4, 0.5) is 5.69 Å². The van der Waals surface area contributed by atoms with Crippen molar-refractivity contribution in [2.45, 2.75) is 63.3 Å². The molecule has 1 aromatic carbocycles. The molecule has 1 N–H and O–H groups in total. The van der Waals surface area contributed by atoms with E-state index in [0.29, 0.717) is 31.7 Å². The Hall–Kier alpha value is -1.93. The maximum atomic E-state index is 13.0. The summed E-state index contributed by atoms with van der Waals surface area (Å²) in [5.74, 6) is -0.415. The van der Waals surface area contributed by atoms with E-state index >= 15 is 0 Å². The number of nitrogens with zero attached hydrogens (tertiary/aromatic N) is 2. The first-order valence-corrected chi connectivity index (χ1v) is 11.5. The Labute approximate surface area is 167 Å². The molecule has 1 aromatic rings. The van der Waals surface area contributed by atoms with Crippen LogP contribution in [-0.4, -0.2) is 50.2 Å². The highest BCUT2D eigenvalue weighted by atomic mass is 32.2. The minimum Gasteiger partial charge on any atom is -0.354 e. The van der Waals surface area contributed by atoms with E-state index in [0.717, 1.165) is 37.7 Å². The third-order valence-corrected chi connectivity index (χ3v) is 7.35. The van der Waals surface area contributed by atoms with Crippen LogP contribution in [0, 0.1) is 0 Å². The molecule has 28 heavy (non-hydrogen) atoms. The van der Waals surface area contributed by atoms with Gasteiger partial charge in [-0.3, -0.25) is 14.5 Å². The summed E-state index contributed by atoms with van der Waals surface area (Å²) in [5.41, 5.74) is 1.35. The van der Waals surface area contributed by atoms with Gasteiger partial charge >= 0.3 is 0 Å². The monoisotopic (exact) mass is 407 g/mol. The lowest BCUT2D eigenvalue weighted by molar-refractivity contribution is -0.125. The van der Waals surface area contributed by atoms with Gasteiger partial charge in [-0.25, -0.2) is 8.42 Å². The summed E-state index contributed by atoms with van der Waals surface area (Å²) in [6.07, 6.45) is 4.99. The smallest absolute Gasteiger partial charge is 0.243 e. The zero-order valence-corrected chi connectivity index (χ0v) is 17.4. The number of anilines is 1. The first-order valence-electron chi connectivity index (χ1n) is 10.1. The third-order valence-electron chi connectivity index (χ3n) is 5.46. The van der Waals surface area contributed by atoms with Gasteiger partial charge in [0.25, 0.3) is 0 Å². The average Bonchev–Trinajstić information content (AvgIpc) is 3.08. The second-order valence-corrected chi connectivity index (χ2v) is 9.45. The number of amides is 2. The second-order valence-electron chi connectivity index (χ2n) is 7.51. The van der Waals surface area contributed by atoms with Crippen LogP contribution in [0.5, 0.6) is 0 Å². The van der Waals surface area contributed by atoms with Gasteiger partial charge in [-0.1, -0.05) is 19.8 Å². The number of unbranched alkanes of at least 4 members (excludes halogenated alkanes) is 1. The normalized spacial score (nSPS) is 20.1. The number of carbonyl (C=O) groups excluding carboxylic acids is 2. The molecule has 0 aliphatic carbocycles. The van der Waals surface area contributed by atoms with Gasteiger partial charge in [0.15, 0.2) is 0 Å². The average molecular weight is 408 g/mol. The van der Waals surface area contributed by atoms with E-state index in [-0.39, 0.29) is 16.7 Å². The van der Waals surface area contributed by atoms with Crippen molar-refractivity contribution >= 4 is 27.5 Å². The SMILES string of the molecule is CCCCNC(=O)[C@H]1Cc2cc(S(=O)(=O)N3CCCCC3)ccc2N1C(C)=O. The maximum Gasteiger partial charge on any atom is 0.243 e. The van der Waals surface area contributed by atoms with Crippen molar-refractivity contribution in [2.24, 2.45) is 0 Å². The minimum atomic E-state index is -3.55. The molecule has 0 saturated carbocycles. The van der Waals surface area contributed by atoms with Crippen molar-refractivity contribution in [3.8, 4) is 0 Å². The van der Waals surface area contributed by atoms with Gasteiger partial charge in [0.1, 0.15) is 6.04 Å². The highest BCUT2D eigenvalue weighted by molar-refractivity contribution is 7.89. The van der Waals surface area contributed by atoms with E-state index in [2.05, 4.69) is 5.32 Å². The van der Waals surface area contributed by atoms with Crippen molar-refractivity contribution in [3.63, 3.8) is 0 Å². The number of rotatable bonds is 6. The molecule has 2 heterocycles. The van der Waals surface area contributed by atoms with Gasteiger partial charge in [0, 0.05) is 38.7 Å². The summed E-state index contributed by atoms with van der Waals surface area (Å²) in [6, 6.07) is 4.22. The lowest BCUT2D eigenvalue weighted by Crippen LogP contribution is -2.47. The lowest BCUT2D eigenvalue weighted by atomic mass is 10.1. The highest BCUT2D eigenvalue weighted by Crippen LogP contribution is 2.35. The maximum absolute atomic E-state index is 13.0. The van der Waals surface area contributed by atoms with Crippen molar-refractivity contribution < 1.29 is 18.0 Å². The molecule has 7 nitrogen and oxygen atoms in total. The van der Waals surface area contributed by atoms with Crippen LogP contribution in [0.25, 0.3) is 0 Å². The Bertz CT molecular complexity index is 847. The molecule has 1 atom stereocenters. The van der Waals surface area contributed by atoms with Gasteiger partial charge in [0.2, 0.25) is 21.8 Å². The number of hydrogen-bond acceptors (Lipinski definition) is 4. The van der Waals surface area contributed by atoms with Crippen LogP contribution in [-0.2, 0) is 26.0 Å². The minimum absolute atomic E-state index is 0.194. The van der Waals surface area contributed by atoms with E-state index in [1.165, 1.54) is 16.1 Å². The zero-order valence-electron chi connectivity index (χ0n) is 16.6. The second kappa shape index (κ2) is 8.61. The molecule has 0 radical (unpaired) electrons. The molecule has 0 unspecified atom stereocenters. The number of hydrogen-bond donors (Lipinski definition) is 1. The molecule has 3 rings (SSSR count). The van der Waals surface area contributed by atoms with Crippen LogP contribution < -0.4 is 10.2 Å². The molecule has 154 valence electrons. The van der Waals surface area contributed by atoms with Crippen molar-refractivity contribution in [1.29, 1.82) is 0 Å². The van der Waals surface area contributed by atoms with Crippen LogP contribution >= 0.6 is 0 Å². The van der Waals surface area contributed by atoms with E-state index in [4.69, 9.17) is 0 Å². The fourth-order valence-electron chi connectivity index (χ4n) is 3.95. The predicted octanol–water partition coefficient (Wildman–Crippen LogP) is 2.06. The van der Waals surface area contributed by atoms with Crippen molar-refractivity contribution in [3.05, 3.63) is 23.8 Å². The van der Waals surface area contributed by atoms with Gasteiger partial charge in [0.05, 0.1) is 4.90 Å². The molecule has 2 amide bonds. The van der Waals surface area contributed by atoms with Gasteiger partial charge in [-0.15, -0.1) is 0 Å². The van der Waals surface area contributed by atoms with Crippen LogP contribution in [0.15, 0.2) is 23.1 Å². The number of carbonyl (C=O) groups is 2. The highest BCUT2D eigenvalue weighted by Gasteiger charge is 2.38. The molecular weight excluding hydrogens is 378 g/mol. The number of piperidine rings is 1. The Balaban J connectivity index is 1.86. The molecule has 1 fully saturated rings. The molecule has 2 aliphatic rings. The lowest BCUT2D eigenvalue weighted by Gasteiger charge is -2.26. The van der Waals surface area contributed by atoms with Gasteiger partial charge in [-0.2, -0.15) is 4.31 Å². The number of fused-ring (bicyclic) bond motifs is 1. The summed E-state index contributed by atoms with van der Waals surface area (Å²) >= 11 is 0.